The summed E-state index contributed by atoms with van der Waals surface area (Å²) in [7, 11) is -3.99. The largest absolute Gasteiger partial charge is 0.344 e. The molecule has 2 aromatic rings. The van der Waals surface area contributed by atoms with Crippen molar-refractivity contribution in [1.82, 2.24) is 13.7 Å². The molecule has 0 amide bonds. The number of benzene rings is 1. The lowest BCUT2D eigenvalue weighted by Crippen LogP contribution is -2.48. The average Bonchev–Trinajstić information content (AvgIpc) is 3.05. The average molecular weight is 388 g/mol. The summed E-state index contributed by atoms with van der Waals surface area (Å²) in [5.74, 6) is -0.886. The molecule has 3 rings (SSSR count). The first-order valence-electron chi connectivity index (χ1n) is 7.83. The van der Waals surface area contributed by atoms with E-state index in [0.29, 0.717) is 19.2 Å². The third-order valence-corrected chi connectivity index (χ3v) is 6.69. The van der Waals surface area contributed by atoms with Crippen LogP contribution in [0.2, 0.25) is 0 Å². The number of hydrogen-bond donors (Lipinski definition) is 0. The first-order chi connectivity index (χ1) is 11.8. The van der Waals surface area contributed by atoms with E-state index >= 15 is 0 Å². The quantitative estimate of drug-likeness (QED) is 0.805. The minimum Gasteiger partial charge on any atom is -0.344 e. The molecule has 25 heavy (non-hydrogen) atoms. The van der Waals surface area contributed by atoms with E-state index in [-0.39, 0.29) is 19.0 Å². The Morgan fingerprint density at radius 3 is 2.40 bits per heavy atom. The number of piperazine rings is 1. The first-order valence-corrected chi connectivity index (χ1v) is 10.0. The van der Waals surface area contributed by atoms with Gasteiger partial charge in [0.05, 0.1) is 0 Å². The van der Waals surface area contributed by atoms with E-state index in [1.807, 2.05) is 18.7 Å². The molecule has 0 unspecified atom stereocenters. The lowest BCUT2D eigenvalue weighted by Gasteiger charge is -2.33. The van der Waals surface area contributed by atoms with Gasteiger partial charge < -0.3 is 4.90 Å². The number of anilines is 1. The van der Waals surface area contributed by atoms with Gasteiger partial charge in [0.2, 0.25) is 15.2 Å². The standard InChI is InChI=1S/C15H18F2N4O2S2/c1-10(2)14-18-15(24-19-14)20-5-7-21(8-6-20)25(22,23)13-4-3-11(16)9-12(13)17/h3-4,9-10H,5-8H2,1-2H3. The predicted molar refractivity (Wildman–Crippen MR) is 91.3 cm³/mol. The van der Waals surface area contributed by atoms with E-state index in [4.69, 9.17) is 0 Å². The number of aromatic nitrogens is 2. The van der Waals surface area contributed by atoms with Gasteiger partial charge in [-0.2, -0.15) is 8.68 Å². The zero-order chi connectivity index (χ0) is 18.2. The molecule has 0 bridgehead atoms. The summed E-state index contributed by atoms with van der Waals surface area (Å²) in [6.07, 6.45) is 0. The van der Waals surface area contributed by atoms with Crippen molar-refractivity contribution in [1.29, 1.82) is 0 Å². The van der Waals surface area contributed by atoms with Gasteiger partial charge in [0.25, 0.3) is 0 Å². The molecule has 1 fully saturated rings. The highest BCUT2D eigenvalue weighted by Gasteiger charge is 2.31. The molecule has 6 nitrogen and oxygen atoms in total. The molecule has 1 aliphatic heterocycles. The Hall–Kier alpha value is -1.65. The monoisotopic (exact) mass is 388 g/mol. The third kappa shape index (κ3) is 3.65. The molecule has 1 aromatic heterocycles. The zero-order valence-electron chi connectivity index (χ0n) is 13.8. The first kappa shape index (κ1) is 18.2. The van der Waals surface area contributed by atoms with Crippen molar-refractivity contribution < 1.29 is 17.2 Å². The van der Waals surface area contributed by atoms with Gasteiger partial charge in [-0.25, -0.2) is 22.2 Å². The van der Waals surface area contributed by atoms with Crippen LogP contribution in [0.15, 0.2) is 23.1 Å². The number of sulfonamides is 1. The lowest BCUT2D eigenvalue weighted by atomic mass is 10.2. The number of nitrogens with zero attached hydrogens (tertiary/aromatic N) is 4. The maximum atomic E-state index is 13.8. The molecule has 0 aliphatic carbocycles. The highest BCUT2D eigenvalue weighted by molar-refractivity contribution is 7.89. The van der Waals surface area contributed by atoms with Gasteiger partial charge in [-0.3, -0.25) is 0 Å². The van der Waals surface area contributed by atoms with Crippen LogP contribution in [0.5, 0.6) is 0 Å². The Morgan fingerprint density at radius 2 is 1.84 bits per heavy atom. The lowest BCUT2D eigenvalue weighted by molar-refractivity contribution is 0.382. The second-order valence-corrected chi connectivity index (χ2v) is 8.69. The molecule has 0 radical (unpaired) electrons. The summed E-state index contributed by atoms with van der Waals surface area (Å²) < 4.78 is 57.5. The highest BCUT2D eigenvalue weighted by Crippen LogP contribution is 2.25. The van der Waals surface area contributed by atoms with E-state index in [1.54, 1.807) is 0 Å². The smallest absolute Gasteiger partial charge is 0.246 e. The van der Waals surface area contributed by atoms with Crippen LogP contribution in [-0.4, -0.2) is 48.3 Å². The summed E-state index contributed by atoms with van der Waals surface area (Å²) in [6, 6.07) is 2.49. The van der Waals surface area contributed by atoms with Gasteiger partial charge in [-0.1, -0.05) is 13.8 Å². The Balaban J connectivity index is 1.72. The van der Waals surface area contributed by atoms with Crippen LogP contribution in [0.4, 0.5) is 13.9 Å². The van der Waals surface area contributed by atoms with Crippen LogP contribution in [0.3, 0.4) is 0 Å². The van der Waals surface area contributed by atoms with Gasteiger partial charge in [-0.05, 0) is 12.1 Å². The molecule has 1 saturated heterocycles. The molecule has 10 heteroatoms. The second-order valence-electron chi connectivity index (χ2n) is 6.06. The summed E-state index contributed by atoms with van der Waals surface area (Å²) in [5, 5.41) is 0.758. The molecule has 0 N–H and O–H groups in total. The van der Waals surface area contributed by atoms with Crippen LogP contribution in [0.25, 0.3) is 0 Å². The summed E-state index contributed by atoms with van der Waals surface area (Å²) in [6.45, 7) is 5.30. The van der Waals surface area contributed by atoms with E-state index in [2.05, 4.69) is 9.36 Å². The van der Waals surface area contributed by atoms with Crippen LogP contribution < -0.4 is 4.90 Å². The van der Waals surface area contributed by atoms with Gasteiger partial charge in [-0.15, -0.1) is 0 Å². The molecule has 0 saturated carbocycles. The normalized spacial score (nSPS) is 16.6. The number of halogens is 2. The summed E-state index contributed by atoms with van der Waals surface area (Å²) in [5.41, 5.74) is 0. The molecule has 2 heterocycles. The minimum absolute atomic E-state index is 0.204. The van der Waals surface area contributed by atoms with Crippen molar-refractivity contribution in [2.24, 2.45) is 0 Å². The van der Waals surface area contributed by atoms with Crippen LogP contribution in [0.1, 0.15) is 25.6 Å². The summed E-state index contributed by atoms with van der Waals surface area (Å²) >= 11 is 1.29. The van der Waals surface area contributed by atoms with Gasteiger partial charge in [0.15, 0.2) is 0 Å². The third-order valence-electron chi connectivity index (χ3n) is 3.97. The van der Waals surface area contributed by atoms with Crippen LogP contribution in [0, 0.1) is 11.6 Å². The van der Waals surface area contributed by atoms with E-state index in [9.17, 15) is 17.2 Å². The van der Waals surface area contributed by atoms with E-state index in [0.717, 1.165) is 23.1 Å². The second kappa shape index (κ2) is 6.93. The number of rotatable bonds is 4. The zero-order valence-corrected chi connectivity index (χ0v) is 15.4. The fourth-order valence-electron chi connectivity index (χ4n) is 2.53. The van der Waals surface area contributed by atoms with Gasteiger partial charge in [0, 0.05) is 49.7 Å². The maximum Gasteiger partial charge on any atom is 0.246 e. The SMILES string of the molecule is CC(C)c1nsc(N2CCN(S(=O)(=O)c3ccc(F)cc3F)CC2)n1. The van der Waals surface area contributed by atoms with Crippen molar-refractivity contribution in [2.75, 3.05) is 31.1 Å². The van der Waals surface area contributed by atoms with Crippen molar-refractivity contribution >= 4 is 26.7 Å². The molecule has 0 atom stereocenters. The van der Waals surface area contributed by atoms with Crippen molar-refractivity contribution in [2.45, 2.75) is 24.7 Å². The molecular weight excluding hydrogens is 370 g/mol. The van der Waals surface area contributed by atoms with Crippen molar-refractivity contribution in [3.8, 4) is 0 Å². The predicted octanol–water partition coefficient (Wildman–Crippen LogP) is 2.45. The molecule has 0 spiro atoms. The van der Waals surface area contributed by atoms with Crippen molar-refractivity contribution in [3.05, 3.63) is 35.7 Å². The molecule has 136 valence electrons. The Labute approximate surface area is 149 Å². The molecular formula is C15H18F2N4O2S2. The fourth-order valence-corrected chi connectivity index (χ4v) is 4.86. The topological polar surface area (TPSA) is 66.4 Å². The van der Waals surface area contributed by atoms with E-state index in [1.165, 1.54) is 15.8 Å². The Morgan fingerprint density at radius 1 is 1.16 bits per heavy atom. The van der Waals surface area contributed by atoms with Gasteiger partial charge in [0.1, 0.15) is 22.4 Å². The van der Waals surface area contributed by atoms with Gasteiger partial charge >= 0.3 is 0 Å². The molecule has 1 aliphatic rings. The van der Waals surface area contributed by atoms with Crippen LogP contribution >= 0.6 is 11.5 Å². The Kier molecular flexibility index (Phi) is 5.03. The van der Waals surface area contributed by atoms with Crippen molar-refractivity contribution in [3.63, 3.8) is 0 Å². The Bertz CT molecular complexity index is 862. The minimum atomic E-state index is -3.99. The van der Waals surface area contributed by atoms with E-state index < -0.39 is 26.6 Å². The fraction of sp³-hybridized carbons (Fsp3) is 0.467. The number of hydrogen-bond acceptors (Lipinski definition) is 6. The summed E-state index contributed by atoms with van der Waals surface area (Å²) in [4.78, 5) is 5.94. The molecule has 1 aromatic carbocycles. The maximum absolute atomic E-state index is 13.8. The highest BCUT2D eigenvalue weighted by atomic mass is 32.2. The van der Waals surface area contributed by atoms with Crippen LogP contribution in [-0.2, 0) is 10.0 Å².